The molecule has 1 rings (SSSR count). The van der Waals surface area contributed by atoms with Gasteiger partial charge in [0.25, 0.3) is 0 Å². The van der Waals surface area contributed by atoms with Gasteiger partial charge in [-0.25, -0.2) is 0 Å². The van der Waals surface area contributed by atoms with E-state index in [4.69, 9.17) is 11.6 Å². The first-order chi connectivity index (χ1) is 9.33. The van der Waals surface area contributed by atoms with Crippen LogP contribution < -0.4 is 0 Å². The number of thioether (sulfide) groups is 1. The summed E-state index contributed by atoms with van der Waals surface area (Å²) in [6, 6.07) is 8.16. The normalized spacial score (nSPS) is 10.8. The molecule has 0 aromatic heterocycles. The van der Waals surface area contributed by atoms with Crippen LogP contribution in [-0.2, 0) is 0 Å². The van der Waals surface area contributed by atoms with Crippen molar-refractivity contribution >= 4 is 23.4 Å². The maximum Gasteiger partial charge on any atom is 0.0417 e. The lowest BCUT2D eigenvalue weighted by Gasteiger charge is -2.03. The smallest absolute Gasteiger partial charge is 0.0417 e. The summed E-state index contributed by atoms with van der Waals surface area (Å²) in [6.45, 7) is 2.28. The van der Waals surface area contributed by atoms with Gasteiger partial charge in [0.2, 0.25) is 0 Å². The molecule has 1 aromatic carbocycles. The van der Waals surface area contributed by atoms with Gasteiger partial charge >= 0.3 is 0 Å². The highest BCUT2D eigenvalue weighted by Crippen LogP contribution is 2.23. The van der Waals surface area contributed by atoms with Crippen LogP contribution >= 0.6 is 23.4 Å². The maximum atomic E-state index is 5.96. The van der Waals surface area contributed by atoms with Crippen molar-refractivity contribution in [3.05, 3.63) is 29.3 Å². The standard InChI is InChI=1S/C17H27ClS/c1-2-3-4-5-6-7-8-9-10-14-19-17-13-11-12-16(18)15-17/h11-13,15H,2-10,14H2,1H3. The fourth-order valence-corrected chi connectivity index (χ4v) is 3.38. The Morgan fingerprint density at radius 1 is 0.895 bits per heavy atom. The summed E-state index contributed by atoms with van der Waals surface area (Å²) >= 11 is 7.89. The van der Waals surface area contributed by atoms with E-state index >= 15 is 0 Å². The summed E-state index contributed by atoms with van der Waals surface area (Å²) in [7, 11) is 0. The highest BCUT2D eigenvalue weighted by atomic mass is 35.5. The molecule has 0 bridgehead atoms. The SMILES string of the molecule is CCCCCCCCCCCSc1cccc(Cl)c1. The number of halogens is 1. The first-order valence-electron chi connectivity index (χ1n) is 7.71. The minimum Gasteiger partial charge on any atom is -0.126 e. The zero-order chi connectivity index (χ0) is 13.8. The molecule has 0 spiro atoms. The molecule has 0 heterocycles. The molecule has 0 radical (unpaired) electrons. The molecule has 0 amide bonds. The van der Waals surface area contributed by atoms with Crippen molar-refractivity contribution in [2.45, 2.75) is 69.6 Å². The second-order valence-corrected chi connectivity index (χ2v) is 6.74. The van der Waals surface area contributed by atoms with E-state index in [0.717, 1.165) is 5.02 Å². The molecule has 0 unspecified atom stereocenters. The summed E-state index contributed by atoms with van der Waals surface area (Å²) in [6.07, 6.45) is 12.6. The van der Waals surface area contributed by atoms with Crippen molar-refractivity contribution < 1.29 is 0 Å². The molecule has 2 heteroatoms. The molecular formula is C17H27ClS. The highest BCUT2D eigenvalue weighted by Gasteiger charge is 1.96. The van der Waals surface area contributed by atoms with Crippen molar-refractivity contribution in [1.82, 2.24) is 0 Å². The van der Waals surface area contributed by atoms with Crippen LogP contribution in [0, 0.1) is 0 Å². The van der Waals surface area contributed by atoms with Gasteiger partial charge in [-0.2, -0.15) is 0 Å². The van der Waals surface area contributed by atoms with Gasteiger partial charge in [0.15, 0.2) is 0 Å². The number of hydrogen-bond donors (Lipinski definition) is 0. The molecule has 0 aliphatic rings. The summed E-state index contributed by atoms with van der Waals surface area (Å²) in [5.41, 5.74) is 0. The van der Waals surface area contributed by atoms with E-state index in [0.29, 0.717) is 0 Å². The van der Waals surface area contributed by atoms with Gasteiger partial charge in [0.05, 0.1) is 0 Å². The summed E-state index contributed by atoms with van der Waals surface area (Å²) in [5.74, 6) is 1.22. The Balaban J connectivity index is 1.89. The quantitative estimate of drug-likeness (QED) is 0.314. The second kappa shape index (κ2) is 11.7. The van der Waals surface area contributed by atoms with Crippen LogP contribution in [0.1, 0.15) is 64.7 Å². The number of hydrogen-bond acceptors (Lipinski definition) is 1. The average molecular weight is 299 g/mol. The van der Waals surface area contributed by atoms with Crippen molar-refractivity contribution in [2.24, 2.45) is 0 Å². The molecule has 0 aliphatic heterocycles. The van der Waals surface area contributed by atoms with E-state index in [2.05, 4.69) is 19.1 Å². The van der Waals surface area contributed by atoms with Gasteiger partial charge in [-0.1, -0.05) is 76.0 Å². The Hall–Kier alpha value is -0.140. The molecule has 0 saturated heterocycles. The van der Waals surface area contributed by atoms with Crippen LogP contribution in [0.5, 0.6) is 0 Å². The average Bonchev–Trinajstić information content (AvgIpc) is 2.41. The first kappa shape index (κ1) is 16.9. The van der Waals surface area contributed by atoms with Gasteiger partial charge in [-0.15, -0.1) is 11.8 Å². The fraction of sp³-hybridized carbons (Fsp3) is 0.647. The van der Waals surface area contributed by atoms with E-state index in [1.54, 1.807) is 0 Å². The third kappa shape index (κ3) is 9.40. The second-order valence-electron chi connectivity index (χ2n) is 5.13. The third-order valence-corrected chi connectivity index (χ3v) is 4.63. The van der Waals surface area contributed by atoms with E-state index in [1.807, 2.05) is 23.9 Å². The summed E-state index contributed by atoms with van der Waals surface area (Å²) in [5, 5.41) is 0.845. The zero-order valence-electron chi connectivity index (χ0n) is 12.2. The molecule has 0 nitrogen and oxygen atoms in total. The van der Waals surface area contributed by atoms with Crippen molar-refractivity contribution in [3.63, 3.8) is 0 Å². The molecule has 1 aromatic rings. The molecule has 108 valence electrons. The van der Waals surface area contributed by atoms with E-state index in [1.165, 1.54) is 68.4 Å². The Bertz CT molecular complexity index is 325. The Morgan fingerprint density at radius 3 is 2.16 bits per heavy atom. The fourth-order valence-electron chi connectivity index (χ4n) is 2.16. The van der Waals surface area contributed by atoms with Crippen LogP contribution in [0.2, 0.25) is 5.02 Å². The predicted molar refractivity (Wildman–Crippen MR) is 89.4 cm³/mol. The molecule has 0 saturated carbocycles. The molecular weight excluding hydrogens is 272 g/mol. The first-order valence-corrected chi connectivity index (χ1v) is 9.07. The minimum atomic E-state index is 0.845. The highest BCUT2D eigenvalue weighted by molar-refractivity contribution is 7.99. The van der Waals surface area contributed by atoms with Gasteiger partial charge in [-0.05, 0) is 30.4 Å². The van der Waals surface area contributed by atoms with Crippen LogP contribution in [0.4, 0.5) is 0 Å². The van der Waals surface area contributed by atoms with Crippen molar-refractivity contribution in [3.8, 4) is 0 Å². The van der Waals surface area contributed by atoms with Crippen molar-refractivity contribution in [2.75, 3.05) is 5.75 Å². The third-order valence-electron chi connectivity index (χ3n) is 3.31. The van der Waals surface area contributed by atoms with Crippen LogP contribution in [0.15, 0.2) is 29.2 Å². The van der Waals surface area contributed by atoms with Crippen LogP contribution in [0.25, 0.3) is 0 Å². The lowest BCUT2D eigenvalue weighted by Crippen LogP contribution is -1.83. The Kier molecular flexibility index (Phi) is 10.4. The Morgan fingerprint density at radius 2 is 1.53 bits per heavy atom. The maximum absolute atomic E-state index is 5.96. The van der Waals surface area contributed by atoms with Crippen LogP contribution in [-0.4, -0.2) is 5.75 Å². The monoisotopic (exact) mass is 298 g/mol. The summed E-state index contributed by atoms with van der Waals surface area (Å²) < 4.78 is 0. The number of unbranched alkanes of at least 4 members (excludes halogenated alkanes) is 8. The van der Waals surface area contributed by atoms with Crippen molar-refractivity contribution in [1.29, 1.82) is 0 Å². The molecule has 0 aliphatic carbocycles. The molecule has 19 heavy (non-hydrogen) atoms. The Labute approximate surface area is 128 Å². The molecule has 0 atom stereocenters. The minimum absolute atomic E-state index is 0.845. The largest absolute Gasteiger partial charge is 0.126 e. The zero-order valence-corrected chi connectivity index (χ0v) is 13.7. The predicted octanol–water partition coefficient (Wildman–Crippen LogP) is 6.96. The van der Waals surface area contributed by atoms with E-state index < -0.39 is 0 Å². The number of rotatable bonds is 11. The van der Waals surface area contributed by atoms with Gasteiger partial charge < -0.3 is 0 Å². The van der Waals surface area contributed by atoms with Gasteiger partial charge in [0, 0.05) is 9.92 Å². The van der Waals surface area contributed by atoms with Crippen LogP contribution in [0.3, 0.4) is 0 Å². The van der Waals surface area contributed by atoms with E-state index in [9.17, 15) is 0 Å². The topological polar surface area (TPSA) is 0 Å². The van der Waals surface area contributed by atoms with Gasteiger partial charge in [0.1, 0.15) is 0 Å². The lowest BCUT2D eigenvalue weighted by atomic mass is 10.1. The van der Waals surface area contributed by atoms with Gasteiger partial charge in [-0.3, -0.25) is 0 Å². The summed E-state index contributed by atoms with van der Waals surface area (Å²) in [4.78, 5) is 1.30. The molecule has 0 N–H and O–H groups in total. The lowest BCUT2D eigenvalue weighted by molar-refractivity contribution is 0.573. The van der Waals surface area contributed by atoms with E-state index in [-0.39, 0.29) is 0 Å². The molecule has 0 fully saturated rings. The number of benzene rings is 1.